The van der Waals surface area contributed by atoms with Gasteiger partial charge in [-0.1, -0.05) is 18.2 Å². The van der Waals surface area contributed by atoms with E-state index in [9.17, 15) is 14.4 Å². The number of hydrogen-bond acceptors (Lipinski definition) is 7. The highest BCUT2D eigenvalue weighted by Crippen LogP contribution is 2.23. The van der Waals surface area contributed by atoms with Gasteiger partial charge in [0.25, 0.3) is 11.8 Å². The summed E-state index contributed by atoms with van der Waals surface area (Å²) >= 11 is 0. The van der Waals surface area contributed by atoms with Crippen molar-refractivity contribution in [2.75, 3.05) is 31.5 Å². The number of rotatable bonds is 10. The third-order valence-corrected chi connectivity index (χ3v) is 4.83. The van der Waals surface area contributed by atoms with Gasteiger partial charge in [0.2, 0.25) is 0 Å². The summed E-state index contributed by atoms with van der Waals surface area (Å²) in [6.07, 6.45) is -1.04. The van der Waals surface area contributed by atoms with Crippen LogP contribution in [0, 0.1) is 0 Å². The first-order valence-electron chi connectivity index (χ1n) is 10.7. The van der Waals surface area contributed by atoms with E-state index in [0.29, 0.717) is 28.6 Å². The molecule has 0 aliphatic carbocycles. The van der Waals surface area contributed by atoms with E-state index in [4.69, 9.17) is 18.9 Å². The standard InChI is InChI=1S/C26H26N2O7/c1-17(25(30)28-22-9-4-5-10-23(22)33-3)35-26(31)18-11-13-20(14-12-18)34-16-24(29)27-19-7-6-8-21(15-19)32-2/h4-15,17H,16H2,1-3H3,(H,27,29)(H,28,30). The fourth-order valence-electron chi connectivity index (χ4n) is 3.00. The molecule has 9 heteroatoms. The summed E-state index contributed by atoms with van der Waals surface area (Å²) in [6.45, 7) is 1.25. The van der Waals surface area contributed by atoms with Gasteiger partial charge in [0.15, 0.2) is 12.7 Å². The second-order valence-electron chi connectivity index (χ2n) is 7.33. The Kier molecular flexibility index (Phi) is 8.66. The summed E-state index contributed by atoms with van der Waals surface area (Å²) in [7, 11) is 3.04. The first-order chi connectivity index (χ1) is 16.9. The number of hydrogen-bond donors (Lipinski definition) is 2. The summed E-state index contributed by atoms with van der Waals surface area (Å²) < 4.78 is 21.0. The maximum absolute atomic E-state index is 12.4. The van der Waals surface area contributed by atoms with Gasteiger partial charge in [0, 0.05) is 11.8 Å². The average Bonchev–Trinajstić information content (AvgIpc) is 2.88. The van der Waals surface area contributed by atoms with E-state index < -0.39 is 18.0 Å². The van der Waals surface area contributed by atoms with Crippen LogP contribution in [0.3, 0.4) is 0 Å². The normalized spacial score (nSPS) is 11.1. The Hall–Kier alpha value is -4.53. The van der Waals surface area contributed by atoms with E-state index in [1.54, 1.807) is 55.6 Å². The highest BCUT2D eigenvalue weighted by atomic mass is 16.5. The molecule has 35 heavy (non-hydrogen) atoms. The molecule has 2 N–H and O–H groups in total. The van der Waals surface area contributed by atoms with Gasteiger partial charge < -0.3 is 29.6 Å². The van der Waals surface area contributed by atoms with Crippen LogP contribution in [-0.2, 0) is 14.3 Å². The lowest BCUT2D eigenvalue weighted by Crippen LogP contribution is -2.30. The maximum Gasteiger partial charge on any atom is 0.338 e. The van der Waals surface area contributed by atoms with Crippen LogP contribution < -0.4 is 24.8 Å². The highest BCUT2D eigenvalue weighted by Gasteiger charge is 2.20. The smallest absolute Gasteiger partial charge is 0.338 e. The Morgan fingerprint density at radius 1 is 0.829 bits per heavy atom. The molecule has 0 heterocycles. The molecular formula is C26H26N2O7. The minimum absolute atomic E-state index is 0.221. The molecule has 0 saturated heterocycles. The number of carbonyl (C=O) groups is 3. The predicted molar refractivity (Wildman–Crippen MR) is 130 cm³/mol. The van der Waals surface area contributed by atoms with Crippen molar-refractivity contribution in [3.05, 3.63) is 78.4 Å². The number of para-hydroxylation sites is 2. The minimum Gasteiger partial charge on any atom is -0.497 e. The summed E-state index contributed by atoms with van der Waals surface area (Å²) in [5.74, 6) is -0.00861. The van der Waals surface area contributed by atoms with Crippen molar-refractivity contribution in [3.63, 3.8) is 0 Å². The highest BCUT2D eigenvalue weighted by molar-refractivity contribution is 5.98. The molecule has 9 nitrogen and oxygen atoms in total. The van der Waals surface area contributed by atoms with Gasteiger partial charge in [-0.3, -0.25) is 9.59 Å². The van der Waals surface area contributed by atoms with Gasteiger partial charge >= 0.3 is 5.97 Å². The van der Waals surface area contributed by atoms with Gasteiger partial charge in [0.1, 0.15) is 17.2 Å². The zero-order valence-electron chi connectivity index (χ0n) is 19.6. The molecule has 0 aromatic heterocycles. The first kappa shape index (κ1) is 25.1. The summed E-state index contributed by atoms with van der Waals surface area (Å²) in [4.78, 5) is 37.0. The van der Waals surface area contributed by atoms with Crippen molar-refractivity contribution >= 4 is 29.2 Å². The van der Waals surface area contributed by atoms with Crippen molar-refractivity contribution in [1.29, 1.82) is 0 Å². The molecule has 0 bridgehead atoms. The van der Waals surface area contributed by atoms with E-state index in [0.717, 1.165) is 0 Å². The summed E-state index contributed by atoms with van der Waals surface area (Å²) in [5, 5.41) is 5.38. The predicted octanol–water partition coefficient (Wildman–Crippen LogP) is 3.91. The van der Waals surface area contributed by atoms with Crippen molar-refractivity contribution in [1.82, 2.24) is 0 Å². The molecule has 1 unspecified atom stereocenters. The molecule has 2 amide bonds. The van der Waals surface area contributed by atoms with Crippen LogP contribution in [0.4, 0.5) is 11.4 Å². The van der Waals surface area contributed by atoms with E-state index in [1.165, 1.54) is 38.3 Å². The number of methoxy groups -OCH3 is 2. The quantitative estimate of drug-likeness (QED) is 0.425. The monoisotopic (exact) mass is 478 g/mol. The molecule has 0 fully saturated rings. The van der Waals surface area contributed by atoms with Crippen molar-refractivity contribution in [2.45, 2.75) is 13.0 Å². The largest absolute Gasteiger partial charge is 0.497 e. The Labute approximate surface area is 203 Å². The number of amides is 2. The van der Waals surface area contributed by atoms with Crippen LogP contribution in [0.15, 0.2) is 72.8 Å². The summed E-state index contributed by atoms with van der Waals surface area (Å²) in [6, 6.07) is 19.9. The number of esters is 1. The van der Waals surface area contributed by atoms with Crippen molar-refractivity contribution < 1.29 is 33.3 Å². The maximum atomic E-state index is 12.4. The third kappa shape index (κ3) is 7.23. The zero-order chi connectivity index (χ0) is 25.2. The second-order valence-corrected chi connectivity index (χ2v) is 7.33. The SMILES string of the molecule is COc1cccc(NC(=O)COc2ccc(C(=O)OC(C)C(=O)Nc3ccccc3OC)cc2)c1. The Bertz CT molecular complexity index is 1180. The van der Waals surface area contributed by atoms with Crippen LogP contribution in [0.2, 0.25) is 0 Å². The van der Waals surface area contributed by atoms with Gasteiger partial charge in [0.05, 0.1) is 25.5 Å². The van der Waals surface area contributed by atoms with Gasteiger partial charge in [-0.2, -0.15) is 0 Å². The van der Waals surface area contributed by atoms with Crippen molar-refractivity contribution in [3.8, 4) is 17.2 Å². The number of carbonyl (C=O) groups excluding carboxylic acids is 3. The van der Waals surface area contributed by atoms with E-state index >= 15 is 0 Å². The third-order valence-electron chi connectivity index (χ3n) is 4.83. The van der Waals surface area contributed by atoms with E-state index in [1.807, 2.05) is 0 Å². The van der Waals surface area contributed by atoms with Gasteiger partial charge in [-0.15, -0.1) is 0 Å². The van der Waals surface area contributed by atoms with Crippen LogP contribution in [0.25, 0.3) is 0 Å². The van der Waals surface area contributed by atoms with Crippen LogP contribution in [0.1, 0.15) is 17.3 Å². The molecule has 182 valence electrons. The van der Waals surface area contributed by atoms with E-state index in [-0.39, 0.29) is 18.1 Å². The minimum atomic E-state index is -1.04. The zero-order valence-corrected chi connectivity index (χ0v) is 19.6. The van der Waals surface area contributed by atoms with Crippen LogP contribution in [0.5, 0.6) is 17.2 Å². The summed E-state index contributed by atoms with van der Waals surface area (Å²) in [5.41, 5.74) is 1.29. The molecule has 0 aliphatic rings. The molecule has 3 rings (SSSR count). The molecule has 0 spiro atoms. The lowest BCUT2D eigenvalue weighted by Gasteiger charge is -2.15. The van der Waals surface area contributed by atoms with E-state index in [2.05, 4.69) is 10.6 Å². The fraction of sp³-hybridized carbons (Fsp3) is 0.192. The second kappa shape index (κ2) is 12.1. The first-order valence-corrected chi connectivity index (χ1v) is 10.7. The molecule has 3 aromatic carbocycles. The lowest BCUT2D eigenvalue weighted by atomic mass is 10.2. The number of nitrogens with one attached hydrogen (secondary N) is 2. The molecular weight excluding hydrogens is 452 g/mol. The molecule has 0 saturated carbocycles. The van der Waals surface area contributed by atoms with Crippen LogP contribution >= 0.6 is 0 Å². The van der Waals surface area contributed by atoms with Crippen LogP contribution in [-0.4, -0.2) is 44.7 Å². The fourth-order valence-corrected chi connectivity index (χ4v) is 3.00. The number of benzene rings is 3. The Morgan fingerprint density at radius 3 is 2.29 bits per heavy atom. The number of ether oxygens (including phenoxy) is 4. The Morgan fingerprint density at radius 2 is 1.57 bits per heavy atom. The Balaban J connectivity index is 1.49. The average molecular weight is 479 g/mol. The van der Waals surface area contributed by atoms with Gasteiger partial charge in [-0.25, -0.2) is 4.79 Å². The lowest BCUT2D eigenvalue weighted by molar-refractivity contribution is -0.123. The molecule has 0 aliphatic heterocycles. The van der Waals surface area contributed by atoms with Gasteiger partial charge in [-0.05, 0) is 55.5 Å². The molecule has 0 radical (unpaired) electrons. The van der Waals surface area contributed by atoms with Crippen molar-refractivity contribution in [2.24, 2.45) is 0 Å². The number of anilines is 2. The topological polar surface area (TPSA) is 112 Å². The molecule has 1 atom stereocenters. The molecule has 3 aromatic rings.